The van der Waals surface area contributed by atoms with Crippen molar-refractivity contribution in [2.24, 2.45) is 7.05 Å². The summed E-state index contributed by atoms with van der Waals surface area (Å²) in [5.41, 5.74) is 12.4. The zero-order chi connectivity index (χ0) is 17.9. The number of hydrogen-bond acceptors (Lipinski definition) is 0. The molecule has 0 aliphatic heterocycles. The Morgan fingerprint density at radius 3 is 2.24 bits per heavy atom. The van der Waals surface area contributed by atoms with Gasteiger partial charge in [0.25, 0.3) is 0 Å². The molecule has 4 rings (SSSR count). The SMILES string of the molecule is Cc1ccc(-c2c(C)ccc3c2C(C)(C)c2cccc(C)c2-3)[n+](C)c1. The van der Waals surface area contributed by atoms with Crippen LogP contribution in [0.3, 0.4) is 0 Å². The van der Waals surface area contributed by atoms with Gasteiger partial charge in [-0.25, -0.2) is 4.57 Å². The second kappa shape index (κ2) is 5.29. The molecule has 1 aliphatic carbocycles. The predicted octanol–water partition coefficient (Wildman–Crippen LogP) is 5.41. The third kappa shape index (κ3) is 2.18. The lowest BCUT2D eigenvalue weighted by molar-refractivity contribution is -0.660. The average molecular weight is 328 g/mol. The first kappa shape index (κ1) is 16.1. The topological polar surface area (TPSA) is 3.88 Å². The Morgan fingerprint density at radius 2 is 1.52 bits per heavy atom. The Labute approximate surface area is 151 Å². The molecule has 0 bridgehead atoms. The minimum atomic E-state index is 0.00985. The molecule has 3 aromatic rings. The van der Waals surface area contributed by atoms with Crippen molar-refractivity contribution in [2.45, 2.75) is 40.0 Å². The van der Waals surface area contributed by atoms with Crippen LogP contribution in [-0.4, -0.2) is 0 Å². The second-order valence-corrected chi connectivity index (χ2v) is 8.01. The Kier molecular flexibility index (Phi) is 3.40. The van der Waals surface area contributed by atoms with Crippen LogP contribution in [0.25, 0.3) is 22.4 Å². The number of benzene rings is 2. The monoisotopic (exact) mass is 328 g/mol. The molecular formula is C24H26N+. The molecule has 1 aliphatic rings. The summed E-state index contributed by atoms with van der Waals surface area (Å²) in [6.45, 7) is 11.4. The van der Waals surface area contributed by atoms with Crippen LogP contribution in [0, 0.1) is 20.8 Å². The van der Waals surface area contributed by atoms with Gasteiger partial charge in [0.15, 0.2) is 6.20 Å². The molecule has 1 aromatic heterocycles. The van der Waals surface area contributed by atoms with Crippen LogP contribution in [0.1, 0.15) is 41.7 Å². The maximum absolute atomic E-state index is 2.37. The number of hydrogen-bond donors (Lipinski definition) is 0. The molecule has 0 radical (unpaired) electrons. The van der Waals surface area contributed by atoms with E-state index in [1.807, 2.05) is 0 Å². The van der Waals surface area contributed by atoms with Gasteiger partial charge < -0.3 is 0 Å². The van der Waals surface area contributed by atoms with Crippen LogP contribution in [0.15, 0.2) is 48.7 Å². The summed E-state index contributed by atoms with van der Waals surface area (Å²) >= 11 is 0. The van der Waals surface area contributed by atoms with Crippen molar-refractivity contribution < 1.29 is 4.57 Å². The van der Waals surface area contributed by atoms with E-state index in [1.165, 1.54) is 50.2 Å². The van der Waals surface area contributed by atoms with E-state index in [4.69, 9.17) is 0 Å². The normalized spacial score (nSPS) is 14.3. The highest BCUT2D eigenvalue weighted by molar-refractivity contribution is 5.89. The first-order valence-corrected chi connectivity index (χ1v) is 9.03. The first-order chi connectivity index (χ1) is 11.8. The van der Waals surface area contributed by atoms with E-state index in [1.54, 1.807) is 0 Å². The van der Waals surface area contributed by atoms with E-state index in [9.17, 15) is 0 Å². The Hall–Kier alpha value is -2.41. The molecule has 0 unspecified atom stereocenters. The summed E-state index contributed by atoms with van der Waals surface area (Å²) in [5, 5.41) is 0. The number of rotatable bonds is 1. The number of nitrogens with zero attached hydrogens (tertiary/aromatic N) is 1. The van der Waals surface area contributed by atoms with Crippen LogP contribution in [0.5, 0.6) is 0 Å². The van der Waals surface area contributed by atoms with Gasteiger partial charge >= 0.3 is 0 Å². The lowest BCUT2D eigenvalue weighted by Gasteiger charge is -2.24. The molecule has 126 valence electrons. The van der Waals surface area contributed by atoms with Crippen molar-refractivity contribution in [1.29, 1.82) is 0 Å². The fraction of sp³-hybridized carbons (Fsp3) is 0.292. The quantitative estimate of drug-likeness (QED) is 0.526. The van der Waals surface area contributed by atoms with Crippen molar-refractivity contribution in [1.82, 2.24) is 0 Å². The van der Waals surface area contributed by atoms with Crippen molar-refractivity contribution in [3.63, 3.8) is 0 Å². The van der Waals surface area contributed by atoms with Crippen LogP contribution < -0.4 is 4.57 Å². The van der Waals surface area contributed by atoms with Crippen molar-refractivity contribution in [2.75, 3.05) is 0 Å². The van der Waals surface area contributed by atoms with Gasteiger partial charge in [-0.15, -0.1) is 0 Å². The maximum atomic E-state index is 2.37. The zero-order valence-electron chi connectivity index (χ0n) is 16.1. The summed E-state index contributed by atoms with van der Waals surface area (Å²) in [5.74, 6) is 0. The Bertz CT molecular complexity index is 1010. The lowest BCUT2D eigenvalue weighted by Crippen LogP contribution is -2.32. The lowest BCUT2D eigenvalue weighted by atomic mass is 9.78. The third-order valence-electron chi connectivity index (χ3n) is 5.79. The molecule has 25 heavy (non-hydrogen) atoms. The van der Waals surface area contributed by atoms with Crippen LogP contribution >= 0.6 is 0 Å². The predicted molar refractivity (Wildman–Crippen MR) is 105 cm³/mol. The second-order valence-electron chi connectivity index (χ2n) is 8.01. The van der Waals surface area contributed by atoms with E-state index in [-0.39, 0.29) is 5.41 Å². The Balaban J connectivity index is 2.12. The molecule has 0 saturated heterocycles. The van der Waals surface area contributed by atoms with Gasteiger partial charge in [-0.2, -0.15) is 0 Å². The van der Waals surface area contributed by atoms with E-state index < -0.39 is 0 Å². The summed E-state index contributed by atoms with van der Waals surface area (Å²) < 4.78 is 2.27. The molecule has 1 heteroatoms. The molecule has 2 aromatic carbocycles. The van der Waals surface area contributed by atoms with Crippen molar-refractivity contribution >= 4 is 0 Å². The first-order valence-electron chi connectivity index (χ1n) is 9.03. The van der Waals surface area contributed by atoms with Crippen molar-refractivity contribution in [3.8, 4) is 22.4 Å². The number of pyridine rings is 1. The highest BCUT2D eigenvalue weighted by atomic mass is 14.9. The number of fused-ring (bicyclic) bond motifs is 3. The summed E-state index contributed by atoms with van der Waals surface area (Å²) in [7, 11) is 2.15. The third-order valence-corrected chi connectivity index (χ3v) is 5.79. The zero-order valence-corrected chi connectivity index (χ0v) is 16.1. The van der Waals surface area contributed by atoms with E-state index in [2.05, 4.69) is 94.9 Å². The van der Waals surface area contributed by atoms with Gasteiger partial charge in [0, 0.05) is 17.0 Å². The van der Waals surface area contributed by atoms with Gasteiger partial charge in [0.2, 0.25) is 5.69 Å². The van der Waals surface area contributed by atoms with Crippen LogP contribution in [0.4, 0.5) is 0 Å². The van der Waals surface area contributed by atoms with Gasteiger partial charge in [-0.1, -0.05) is 44.2 Å². The average Bonchev–Trinajstić information content (AvgIpc) is 2.78. The van der Waals surface area contributed by atoms with Gasteiger partial charge in [0.1, 0.15) is 7.05 Å². The summed E-state index contributed by atoms with van der Waals surface area (Å²) in [6.07, 6.45) is 2.22. The molecule has 0 N–H and O–H groups in total. The maximum Gasteiger partial charge on any atom is 0.212 e. The minimum absolute atomic E-state index is 0.00985. The number of aryl methyl sites for hydroxylation is 4. The van der Waals surface area contributed by atoms with Gasteiger partial charge in [-0.3, -0.25) is 0 Å². The van der Waals surface area contributed by atoms with E-state index in [0.29, 0.717) is 0 Å². The van der Waals surface area contributed by atoms with Gasteiger partial charge in [0.05, 0.1) is 5.56 Å². The number of aromatic nitrogens is 1. The molecular weight excluding hydrogens is 302 g/mol. The summed E-state index contributed by atoms with van der Waals surface area (Å²) in [6, 6.07) is 15.8. The molecule has 0 fully saturated rings. The van der Waals surface area contributed by atoms with Crippen LogP contribution in [0.2, 0.25) is 0 Å². The van der Waals surface area contributed by atoms with Crippen molar-refractivity contribution in [3.05, 3.63) is 76.5 Å². The smallest absolute Gasteiger partial charge is 0.201 e. The fourth-order valence-corrected chi connectivity index (χ4v) is 4.58. The standard InChI is InChI=1S/C24H26N/c1-15-10-13-20(25(6)14-15)22-17(3)11-12-18-21-16(2)8-7-9-19(21)24(4,5)23(18)22/h7-14H,1-6H3/q+1. The molecule has 1 nitrogen and oxygen atoms in total. The molecule has 0 spiro atoms. The minimum Gasteiger partial charge on any atom is -0.201 e. The van der Waals surface area contributed by atoms with E-state index >= 15 is 0 Å². The summed E-state index contributed by atoms with van der Waals surface area (Å²) in [4.78, 5) is 0. The fourth-order valence-electron chi connectivity index (χ4n) is 4.58. The molecule has 0 saturated carbocycles. The van der Waals surface area contributed by atoms with Crippen LogP contribution in [-0.2, 0) is 12.5 Å². The largest absolute Gasteiger partial charge is 0.212 e. The Morgan fingerprint density at radius 1 is 0.800 bits per heavy atom. The highest BCUT2D eigenvalue weighted by Crippen LogP contribution is 2.53. The van der Waals surface area contributed by atoms with E-state index in [0.717, 1.165) is 0 Å². The molecule has 0 atom stereocenters. The molecule has 1 heterocycles. The van der Waals surface area contributed by atoms with Gasteiger partial charge in [-0.05, 0) is 60.2 Å². The molecule has 0 amide bonds. The highest BCUT2D eigenvalue weighted by Gasteiger charge is 2.40.